The highest BCUT2D eigenvalue weighted by atomic mass is 35.5. The summed E-state index contributed by atoms with van der Waals surface area (Å²) in [6, 6.07) is 5.50. The normalized spacial score (nSPS) is 11.9. The number of amides is 1. The van der Waals surface area contributed by atoms with Crippen molar-refractivity contribution in [1.82, 2.24) is 4.90 Å². The molecule has 0 aliphatic heterocycles. The van der Waals surface area contributed by atoms with E-state index in [0.29, 0.717) is 29.6 Å². The minimum atomic E-state index is -0.320. The molecule has 128 valence electrons. The van der Waals surface area contributed by atoms with Crippen molar-refractivity contribution in [3.05, 3.63) is 33.8 Å². The average molecular weight is 360 g/mol. The van der Waals surface area contributed by atoms with Crippen LogP contribution in [0.2, 0.25) is 10.0 Å². The van der Waals surface area contributed by atoms with Gasteiger partial charge in [-0.05, 0) is 37.5 Å². The lowest BCUT2D eigenvalue weighted by atomic mass is 10.1. The summed E-state index contributed by atoms with van der Waals surface area (Å²) in [7, 11) is 1.36. The zero-order valence-corrected chi connectivity index (χ0v) is 15.3. The summed E-state index contributed by atoms with van der Waals surface area (Å²) in [5, 5.41) is 1.05. The molecule has 1 aromatic rings. The van der Waals surface area contributed by atoms with Crippen LogP contribution in [-0.2, 0) is 20.7 Å². The van der Waals surface area contributed by atoms with E-state index in [0.717, 1.165) is 18.4 Å². The van der Waals surface area contributed by atoms with Crippen LogP contribution >= 0.6 is 23.2 Å². The minimum Gasteiger partial charge on any atom is -0.469 e. The van der Waals surface area contributed by atoms with Gasteiger partial charge < -0.3 is 9.64 Å². The number of carbonyl (C=O) groups excluding carboxylic acids is 2. The van der Waals surface area contributed by atoms with E-state index < -0.39 is 0 Å². The number of ether oxygens (including phenoxy) is 1. The molecule has 1 aromatic carbocycles. The van der Waals surface area contributed by atoms with E-state index in [1.165, 1.54) is 7.11 Å². The maximum absolute atomic E-state index is 12.3. The van der Waals surface area contributed by atoms with Crippen molar-refractivity contribution in [2.75, 3.05) is 20.2 Å². The third-order valence-corrected chi connectivity index (χ3v) is 4.41. The van der Waals surface area contributed by atoms with Crippen molar-refractivity contribution >= 4 is 35.1 Å². The molecule has 0 saturated carbocycles. The van der Waals surface area contributed by atoms with E-state index in [2.05, 4.69) is 0 Å². The fraction of sp³-hybridized carbons (Fsp3) is 0.529. The van der Waals surface area contributed by atoms with Gasteiger partial charge >= 0.3 is 5.97 Å². The van der Waals surface area contributed by atoms with Crippen molar-refractivity contribution in [2.24, 2.45) is 5.92 Å². The highest BCUT2D eigenvalue weighted by Crippen LogP contribution is 2.23. The highest BCUT2D eigenvalue weighted by Gasteiger charge is 2.20. The van der Waals surface area contributed by atoms with Crippen LogP contribution in [0.3, 0.4) is 0 Å². The lowest BCUT2D eigenvalue weighted by Gasteiger charge is -2.23. The summed E-state index contributed by atoms with van der Waals surface area (Å²) in [6.45, 7) is 4.63. The molecule has 0 aromatic heterocycles. The second kappa shape index (κ2) is 9.78. The second-order valence-electron chi connectivity index (χ2n) is 5.46. The third-order valence-electron chi connectivity index (χ3n) is 3.67. The van der Waals surface area contributed by atoms with E-state index in [1.807, 2.05) is 19.1 Å². The van der Waals surface area contributed by atoms with Crippen molar-refractivity contribution < 1.29 is 14.3 Å². The van der Waals surface area contributed by atoms with Crippen LogP contribution in [0.25, 0.3) is 0 Å². The minimum absolute atomic E-state index is 0.0447. The Morgan fingerprint density at radius 2 is 1.96 bits per heavy atom. The van der Waals surface area contributed by atoms with Gasteiger partial charge in [0.05, 0.1) is 23.1 Å². The first-order valence-electron chi connectivity index (χ1n) is 7.68. The number of methoxy groups -OCH3 is 1. The fourth-order valence-corrected chi connectivity index (χ4v) is 2.63. The van der Waals surface area contributed by atoms with E-state index in [1.54, 1.807) is 17.9 Å². The van der Waals surface area contributed by atoms with E-state index >= 15 is 0 Å². The van der Waals surface area contributed by atoms with E-state index in [4.69, 9.17) is 27.9 Å². The summed E-state index contributed by atoms with van der Waals surface area (Å²) in [4.78, 5) is 25.4. The Bertz CT molecular complexity index is 549. The SMILES string of the molecule is CCN(CC(C)C(=O)OC)C(=O)CCCc1ccc(Cl)c(Cl)c1. The zero-order valence-electron chi connectivity index (χ0n) is 13.8. The number of benzene rings is 1. The number of hydrogen-bond acceptors (Lipinski definition) is 3. The molecular weight excluding hydrogens is 337 g/mol. The molecule has 0 saturated heterocycles. The number of nitrogens with zero attached hydrogens (tertiary/aromatic N) is 1. The molecular formula is C17H23Cl2NO3. The molecule has 23 heavy (non-hydrogen) atoms. The Labute approximate surface area is 147 Å². The molecule has 1 atom stereocenters. The summed E-state index contributed by atoms with van der Waals surface area (Å²) in [5.74, 6) is -0.575. The van der Waals surface area contributed by atoms with Crippen LogP contribution < -0.4 is 0 Å². The van der Waals surface area contributed by atoms with Crippen LogP contribution in [0.15, 0.2) is 18.2 Å². The van der Waals surface area contributed by atoms with Crippen molar-refractivity contribution in [3.63, 3.8) is 0 Å². The lowest BCUT2D eigenvalue weighted by molar-refractivity contribution is -0.146. The first kappa shape index (κ1) is 19.8. The molecule has 4 nitrogen and oxygen atoms in total. The molecule has 0 bridgehead atoms. The van der Waals surface area contributed by atoms with Crippen LogP contribution in [0.4, 0.5) is 0 Å². The van der Waals surface area contributed by atoms with E-state index in [-0.39, 0.29) is 17.8 Å². The van der Waals surface area contributed by atoms with Gasteiger partial charge in [-0.2, -0.15) is 0 Å². The van der Waals surface area contributed by atoms with Gasteiger partial charge in [-0.1, -0.05) is 36.2 Å². The van der Waals surface area contributed by atoms with Gasteiger partial charge in [-0.25, -0.2) is 0 Å². The molecule has 1 unspecified atom stereocenters. The van der Waals surface area contributed by atoms with Crippen molar-refractivity contribution in [1.29, 1.82) is 0 Å². The van der Waals surface area contributed by atoms with Gasteiger partial charge in [0, 0.05) is 19.5 Å². The average Bonchev–Trinajstić information content (AvgIpc) is 2.54. The smallest absolute Gasteiger partial charge is 0.310 e. The van der Waals surface area contributed by atoms with Crippen molar-refractivity contribution in [2.45, 2.75) is 33.1 Å². The number of halogens is 2. The molecule has 0 aliphatic carbocycles. The molecule has 0 aliphatic rings. The molecule has 6 heteroatoms. The quantitative estimate of drug-likeness (QED) is 0.659. The van der Waals surface area contributed by atoms with E-state index in [9.17, 15) is 9.59 Å². The Hall–Kier alpha value is -1.26. The molecule has 0 heterocycles. The maximum atomic E-state index is 12.3. The van der Waals surface area contributed by atoms with Crippen LogP contribution in [0.1, 0.15) is 32.3 Å². The van der Waals surface area contributed by atoms with Gasteiger partial charge in [0.2, 0.25) is 5.91 Å². The Kier molecular flexibility index (Phi) is 8.42. The number of aryl methyl sites for hydroxylation is 1. The summed E-state index contributed by atoms with van der Waals surface area (Å²) in [5.41, 5.74) is 1.05. The molecule has 0 fully saturated rings. The van der Waals surface area contributed by atoms with Crippen molar-refractivity contribution in [3.8, 4) is 0 Å². The Balaban J connectivity index is 2.47. The molecule has 1 rings (SSSR count). The predicted molar refractivity (Wildman–Crippen MR) is 92.8 cm³/mol. The second-order valence-corrected chi connectivity index (χ2v) is 6.27. The van der Waals surface area contributed by atoms with Crippen LogP contribution in [0.5, 0.6) is 0 Å². The van der Waals surface area contributed by atoms with Crippen LogP contribution in [0, 0.1) is 5.92 Å². The third kappa shape index (κ3) is 6.40. The maximum Gasteiger partial charge on any atom is 0.310 e. The van der Waals surface area contributed by atoms with Gasteiger partial charge in [-0.15, -0.1) is 0 Å². The zero-order chi connectivity index (χ0) is 17.4. The lowest BCUT2D eigenvalue weighted by Crippen LogP contribution is -2.37. The largest absolute Gasteiger partial charge is 0.469 e. The number of hydrogen-bond donors (Lipinski definition) is 0. The first-order valence-corrected chi connectivity index (χ1v) is 8.44. The Morgan fingerprint density at radius 1 is 1.26 bits per heavy atom. The number of carbonyl (C=O) groups is 2. The number of esters is 1. The highest BCUT2D eigenvalue weighted by molar-refractivity contribution is 6.42. The predicted octanol–water partition coefficient (Wildman–Crippen LogP) is 3.97. The Morgan fingerprint density at radius 3 is 2.52 bits per heavy atom. The van der Waals surface area contributed by atoms with Gasteiger partial charge in [-0.3, -0.25) is 9.59 Å². The molecule has 1 amide bonds. The topological polar surface area (TPSA) is 46.6 Å². The van der Waals surface area contributed by atoms with Gasteiger partial charge in [0.25, 0.3) is 0 Å². The number of rotatable bonds is 8. The van der Waals surface area contributed by atoms with Gasteiger partial charge in [0.15, 0.2) is 0 Å². The monoisotopic (exact) mass is 359 g/mol. The standard InChI is InChI=1S/C17H23Cl2NO3/c1-4-20(11-12(2)17(22)23-3)16(21)7-5-6-13-8-9-14(18)15(19)10-13/h8-10,12H,4-7,11H2,1-3H3. The molecule has 0 radical (unpaired) electrons. The summed E-state index contributed by atoms with van der Waals surface area (Å²) < 4.78 is 4.70. The summed E-state index contributed by atoms with van der Waals surface area (Å²) >= 11 is 11.9. The summed E-state index contributed by atoms with van der Waals surface area (Å²) in [6.07, 6.45) is 1.91. The first-order chi connectivity index (χ1) is 10.9. The fourth-order valence-electron chi connectivity index (χ4n) is 2.31. The molecule has 0 spiro atoms. The molecule has 0 N–H and O–H groups in total. The van der Waals surface area contributed by atoms with Crippen LogP contribution in [-0.4, -0.2) is 37.0 Å². The van der Waals surface area contributed by atoms with Gasteiger partial charge in [0.1, 0.15) is 0 Å².